The van der Waals surface area contributed by atoms with E-state index in [1.807, 2.05) is 43.3 Å². The normalized spacial score (nSPS) is 11.7. The molecule has 29 heavy (non-hydrogen) atoms. The Balaban J connectivity index is 1.96. The van der Waals surface area contributed by atoms with E-state index in [0.29, 0.717) is 6.54 Å². The number of nitrogens with zero attached hydrogens (tertiary/aromatic N) is 1. The highest BCUT2D eigenvalue weighted by Crippen LogP contribution is 2.19. The largest absolute Gasteiger partial charge is 0.449 e. The van der Waals surface area contributed by atoms with Crippen molar-refractivity contribution in [2.24, 2.45) is 0 Å². The molecule has 0 bridgehead atoms. The summed E-state index contributed by atoms with van der Waals surface area (Å²) in [6.07, 6.45) is 4.08. The monoisotopic (exact) mass is 421 g/mol. The van der Waals surface area contributed by atoms with Gasteiger partial charge in [0, 0.05) is 25.4 Å². The second-order valence-corrected chi connectivity index (χ2v) is 7.41. The van der Waals surface area contributed by atoms with Crippen molar-refractivity contribution >= 4 is 28.2 Å². The molecule has 2 aromatic rings. The molecule has 2 rings (SSSR count). The van der Waals surface area contributed by atoms with Gasteiger partial charge in [0.1, 0.15) is 5.75 Å². The summed E-state index contributed by atoms with van der Waals surface area (Å²) in [6, 6.07) is 14.6. The molecule has 0 saturated carbocycles. The van der Waals surface area contributed by atoms with Crippen molar-refractivity contribution < 1.29 is 27.0 Å². The lowest BCUT2D eigenvalue weighted by Gasteiger charge is -2.21. The number of hydrogen-bond donors (Lipinski definition) is 2. The van der Waals surface area contributed by atoms with Crippen molar-refractivity contribution in [2.75, 3.05) is 37.8 Å². The molecule has 0 aliphatic carbocycles. The Bertz CT molecular complexity index is 863. The molecule has 0 aromatic heterocycles. The summed E-state index contributed by atoms with van der Waals surface area (Å²) in [5, 5.41) is 17.8. The number of hydrogen-bond acceptors (Lipinski definition) is 7. The minimum Gasteiger partial charge on any atom is -0.396 e. The van der Waals surface area contributed by atoms with Crippen LogP contribution in [-0.4, -0.2) is 51.5 Å². The summed E-state index contributed by atoms with van der Waals surface area (Å²) in [7, 11) is -4.14. The van der Waals surface area contributed by atoms with E-state index < -0.39 is 10.4 Å². The molecule has 0 radical (unpaired) electrons. The minimum atomic E-state index is -4.14. The zero-order chi connectivity index (χ0) is 21.1. The van der Waals surface area contributed by atoms with E-state index in [1.54, 1.807) is 24.3 Å². The molecule has 0 spiro atoms. The zero-order valence-corrected chi connectivity index (χ0v) is 17.2. The first-order valence-corrected chi connectivity index (χ1v) is 10.7. The highest BCUT2D eigenvalue weighted by atomic mass is 32.3. The van der Waals surface area contributed by atoms with Crippen LogP contribution in [0.2, 0.25) is 0 Å². The summed E-state index contributed by atoms with van der Waals surface area (Å²) in [6.45, 7) is 3.30. The third-order valence-corrected chi connectivity index (χ3v) is 4.94. The van der Waals surface area contributed by atoms with Gasteiger partial charge in [-0.25, -0.2) is 4.18 Å². The van der Waals surface area contributed by atoms with Gasteiger partial charge in [-0.3, -0.25) is 0 Å². The molecule has 0 unspecified atom stereocenters. The first-order valence-electron chi connectivity index (χ1n) is 9.41. The Morgan fingerprint density at radius 3 is 2.03 bits per heavy atom. The molecule has 0 aliphatic rings. The number of aliphatic hydroxyl groups excluding tert-OH is 2. The zero-order valence-electron chi connectivity index (χ0n) is 16.4. The molecule has 0 aliphatic heterocycles. The van der Waals surface area contributed by atoms with Gasteiger partial charge in [-0.15, -0.1) is 0 Å². The van der Waals surface area contributed by atoms with Gasteiger partial charge in [0.05, 0.1) is 13.2 Å². The SMILES string of the molecule is CCN(CCO)c1ccc(C=Cc2ccc(OS(=O)(=O)OCCCO)cc2)cc1. The molecule has 2 aromatic carbocycles. The van der Waals surface area contributed by atoms with Crippen LogP contribution in [0.15, 0.2) is 48.5 Å². The Labute approximate surface area is 172 Å². The first kappa shape index (κ1) is 22.9. The second kappa shape index (κ2) is 11.6. The molecule has 7 nitrogen and oxygen atoms in total. The van der Waals surface area contributed by atoms with Crippen LogP contribution in [0, 0.1) is 0 Å². The molecule has 0 heterocycles. The Hall–Kier alpha value is -2.39. The van der Waals surface area contributed by atoms with Gasteiger partial charge in [0.15, 0.2) is 0 Å². The van der Waals surface area contributed by atoms with Crippen LogP contribution in [0.25, 0.3) is 12.2 Å². The van der Waals surface area contributed by atoms with Crippen molar-refractivity contribution in [3.63, 3.8) is 0 Å². The van der Waals surface area contributed by atoms with Crippen LogP contribution in [0.5, 0.6) is 5.75 Å². The van der Waals surface area contributed by atoms with Gasteiger partial charge in [-0.2, -0.15) is 8.42 Å². The number of benzene rings is 2. The Morgan fingerprint density at radius 2 is 1.52 bits per heavy atom. The van der Waals surface area contributed by atoms with Gasteiger partial charge in [0.2, 0.25) is 0 Å². The fraction of sp³-hybridized carbons (Fsp3) is 0.333. The fourth-order valence-corrected chi connectivity index (χ4v) is 3.30. The Kier molecular flexibility index (Phi) is 9.14. The summed E-state index contributed by atoms with van der Waals surface area (Å²) in [5.74, 6) is 0.152. The van der Waals surface area contributed by atoms with E-state index >= 15 is 0 Å². The summed E-state index contributed by atoms with van der Waals surface area (Å²) in [5.41, 5.74) is 2.96. The van der Waals surface area contributed by atoms with Gasteiger partial charge >= 0.3 is 10.4 Å². The topological polar surface area (TPSA) is 96.3 Å². The van der Waals surface area contributed by atoms with E-state index in [2.05, 4.69) is 9.08 Å². The maximum Gasteiger partial charge on any atom is 0.449 e. The molecule has 0 saturated heterocycles. The van der Waals surface area contributed by atoms with Crippen molar-refractivity contribution in [3.05, 3.63) is 59.7 Å². The molecular formula is C21H27NO6S. The van der Waals surface area contributed by atoms with Crippen LogP contribution >= 0.6 is 0 Å². The molecule has 0 fully saturated rings. The lowest BCUT2D eigenvalue weighted by Crippen LogP contribution is -2.25. The summed E-state index contributed by atoms with van der Waals surface area (Å²) >= 11 is 0. The molecule has 158 valence electrons. The second-order valence-electron chi connectivity index (χ2n) is 6.19. The lowest BCUT2D eigenvalue weighted by molar-refractivity contribution is 0.221. The maximum atomic E-state index is 11.7. The average molecular weight is 422 g/mol. The van der Waals surface area contributed by atoms with Gasteiger partial charge in [-0.1, -0.05) is 36.4 Å². The predicted molar refractivity (Wildman–Crippen MR) is 114 cm³/mol. The summed E-state index contributed by atoms with van der Waals surface area (Å²) in [4.78, 5) is 2.09. The van der Waals surface area contributed by atoms with E-state index in [0.717, 1.165) is 23.4 Å². The van der Waals surface area contributed by atoms with E-state index in [4.69, 9.17) is 14.4 Å². The van der Waals surface area contributed by atoms with Crippen molar-refractivity contribution in [2.45, 2.75) is 13.3 Å². The highest BCUT2D eigenvalue weighted by Gasteiger charge is 2.13. The van der Waals surface area contributed by atoms with E-state index in [-0.39, 0.29) is 32.0 Å². The van der Waals surface area contributed by atoms with Gasteiger partial charge in [0.25, 0.3) is 0 Å². The predicted octanol–water partition coefficient (Wildman–Crippen LogP) is 2.70. The molecule has 2 N–H and O–H groups in total. The standard InChI is InChI=1S/C21H27NO6S/c1-2-22(14-16-24)20-10-6-18(7-11-20)4-5-19-8-12-21(13-9-19)28-29(25,26)27-17-3-15-23/h4-13,23-24H,2-3,14-17H2,1H3. The van der Waals surface area contributed by atoms with Crippen LogP contribution in [0.1, 0.15) is 24.5 Å². The van der Waals surface area contributed by atoms with E-state index in [1.165, 1.54) is 0 Å². The molecule has 0 amide bonds. The van der Waals surface area contributed by atoms with Crippen LogP contribution < -0.4 is 9.08 Å². The third-order valence-electron chi connectivity index (χ3n) is 4.09. The van der Waals surface area contributed by atoms with Crippen LogP contribution in [-0.2, 0) is 14.6 Å². The van der Waals surface area contributed by atoms with Crippen molar-refractivity contribution in [1.82, 2.24) is 0 Å². The third kappa shape index (κ3) is 7.86. The molecular weight excluding hydrogens is 394 g/mol. The number of rotatable bonds is 12. The molecule has 0 atom stereocenters. The smallest absolute Gasteiger partial charge is 0.396 e. The number of anilines is 1. The van der Waals surface area contributed by atoms with Crippen LogP contribution in [0.3, 0.4) is 0 Å². The average Bonchev–Trinajstić information content (AvgIpc) is 2.72. The maximum absolute atomic E-state index is 11.7. The summed E-state index contributed by atoms with van der Waals surface area (Å²) < 4.78 is 32.8. The van der Waals surface area contributed by atoms with Crippen molar-refractivity contribution in [1.29, 1.82) is 0 Å². The highest BCUT2D eigenvalue weighted by molar-refractivity contribution is 7.82. The Morgan fingerprint density at radius 1 is 0.931 bits per heavy atom. The van der Waals surface area contributed by atoms with Gasteiger partial charge < -0.3 is 19.3 Å². The quantitative estimate of drug-likeness (QED) is 0.402. The number of likely N-dealkylation sites (N-methyl/N-ethyl adjacent to an activating group) is 1. The first-order chi connectivity index (χ1) is 14.0. The van der Waals surface area contributed by atoms with E-state index in [9.17, 15) is 8.42 Å². The number of aliphatic hydroxyl groups is 2. The molecule has 8 heteroatoms. The van der Waals surface area contributed by atoms with Gasteiger partial charge in [-0.05, 0) is 48.7 Å². The minimum absolute atomic E-state index is 0.116. The lowest BCUT2D eigenvalue weighted by atomic mass is 10.1. The van der Waals surface area contributed by atoms with Crippen LogP contribution in [0.4, 0.5) is 5.69 Å². The fourth-order valence-electron chi connectivity index (χ4n) is 2.58. The van der Waals surface area contributed by atoms with Crippen molar-refractivity contribution in [3.8, 4) is 5.75 Å².